The van der Waals surface area contributed by atoms with Crippen LogP contribution < -0.4 is 15.0 Å². The predicted octanol–water partition coefficient (Wildman–Crippen LogP) is 3.83. The molecule has 1 heterocycles. The van der Waals surface area contributed by atoms with E-state index in [-0.39, 0.29) is 24.2 Å². The summed E-state index contributed by atoms with van der Waals surface area (Å²) in [5, 5.41) is 3.00. The first-order chi connectivity index (χ1) is 12.6. The van der Waals surface area contributed by atoms with E-state index in [4.69, 9.17) is 4.74 Å². The number of anilines is 1. The summed E-state index contributed by atoms with van der Waals surface area (Å²) in [5.41, 5.74) is 1.81. The molecule has 0 bridgehead atoms. The van der Waals surface area contributed by atoms with Crippen molar-refractivity contribution in [2.24, 2.45) is 5.92 Å². The Morgan fingerprint density at radius 2 is 1.96 bits per heavy atom. The number of nitrogens with one attached hydrogen (secondary N) is 1. The Morgan fingerprint density at radius 3 is 2.69 bits per heavy atom. The van der Waals surface area contributed by atoms with Crippen molar-refractivity contribution in [2.45, 2.75) is 58.8 Å². The smallest absolute Gasteiger partial charge is 0.227 e. The average Bonchev–Trinajstić information content (AvgIpc) is 3.02. The second kappa shape index (κ2) is 10.2. The summed E-state index contributed by atoms with van der Waals surface area (Å²) >= 11 is 0. The number of amides is 2. The minimum absolute atomic E-state index is 0.0129. The molecule has 2 amide bonds. The van der Waals surface area contributed by atoms with Crippen molar-refractivity contribution in [1.29, 1.82) is 0 Å². The molecule has 144 valence electrons. The number of benzene rings is 1. The fourth-order valence-corrected chi connectivity index (χ4v) is 3.39. The topological polar surface area (TPSA) is 58.6 Å². The van der Waals surface area contributed by atoms with Crippen LogP contribution in [0.1, 0.15) is 57.4 Å². The zero-order valence-corrected chi connectivity index (χ0v) is 16.3. The van der Waals surface area contributed by atoms with Crippen LogP contribution in [0.15, 0.2) is 18.2 Å². The molecule has 5 heteroatoms. The summed E-state index contributed by atoms with van der Waals surface area (Å²) < 4.78 is 5.38. The number of hydrogen-bond donors (Lipinski definition) is 1. The molecule has 2 rings (SSSR count). The summed E-state index contributed by atoms with van der Waals surface area (Å²) in [4.78, 5) is 26.5. The van der Waals surface area contributed by atoms with Gasteiger partial charge in [-0.3, -0.25) is 9.59 Å². The molecule has 1 aromatic carbocycles. The van der Waals surface area contributed by atoms with E-state index in [1.807, 2.05) is 25.1 Å². The maximum atomic E-state index is 12.4. The Labute approximate surface area is 157 Å². The maximum Gasteiger partial charge on any atom is 0.227 e. The van der Waals surface area contributed by atoms with E-state index in [1.54, 1.807) is 12.0 Å². The summed E-state index contributed by atoms with van der Waals surface area (Å²) in [5.74, 6) is 0.347. The van der Waals surface area contributed by atoms with E-state index in [0.717, 1.165) is 24.1 Å². The molecule has 0 aromatic heterocycles. The third-order valence-corrected chi connectivity index (χ3v) is 4.95. The molecule has 1 saturated heterocycles. The van der Waals surface area contributed by atoms with Gasteiger partial charge in [0, 0.05) is 19.5 Å². The van der Waals surface area contributed by atoms with E-state index in [2.05, 4.69) is 12.2 Å². The molecular weight excluding hydrogens is 328 g/mol. The third kappa shape index (κ3) is 5.48. The Hall–Kier alpha value is -2.04. The Morgan fingerprint density at radius 1 is 1.23 bits per heavy atom. The first kappa shape index (κ1) is 20.3. The number of unbranched alkanes of at least 4 members (excludes halogenated alkanes) is 5. The van der Waals surface area contributed by atoms with Crippen LogP contribution in [0.2, 0.25) is 0 Å². The largest absolute Gasteiger partial charge is 0.495 e. The second-order valence-corrected chi connectivity index (χ2v) is 7.14. The first-order valence-corrected chi connectivity index (χ1v) is 9.79. The summed E-state index contributed by atoms with van der Waals surface area (Å²) in [6.45, 7) is 5.30. The summed E-state index contributed by atoms with van der Waals surface area (Å²) in [6, 6.07) is 5.75. The number of carbonyl (C=O) groups excluding carboxylic acids is 2. The lowest BCUT2D eigenvalue weighted by Crippen LogP contribution is -2.33. The molecule has 1 unspecified atom stereocenters. The monoisotopic (exact) mass is 360 g/mol. The van der Waals surface area contributed by atoms with Crippen LogP contribution in [-0.4, -0.2) is 32.0 Å². The summed E-state index contributed by atoms with van der Waals surface area (Å²) in [7, 11) is 1.60. The minimum Gasteiger partial charge on any atom is -0.495 e. The predicted molar refractivity (Wildman–Crippen MR) is 105 cm³/mol. The van der Waals surface area contributed by atoms with Gasteiger partial charge in [-0.15, -0.1) is 0 Å². The highest BCUT2D eigenvalue weighted by Crippen LogP contribution is 2.33. The number of carbonyl (C=O) groups is 2. The van der Waals surface area contributed by atoms with Crippen LogP contribution in [-0.2, 0) is 9.59 Å². The van der Waals surface area contributed by atoms with Gasteiger partial charge in [-0.2, -0.15) is 0 Å². The quantitative estimate of drug-likeness (QED) is 0.645. The molecule has 0 radical (unpaired) electrons. The summed E-state index contributed by atoms with van der Waals surface area (Å²) in [6.07, 6.45) is 7.45. The Balaban J connectivity index is 1.83. The van der Waals surface area contributed by atoms with Gasteiger partial charge in [-0.05, 0) is 31.0 Å². The van der Waals surface area contributed by atoms with Crippen molar-refractivity contribution >= 4 is 17.5 Å². The Kier molecular flexibility index (Phi) is 7.95. The average molecular weight is 360 g/mol. The van der Waals surface area contributed by atoms with E-state index in [9.17, 15) is 9.59 Å². The van der Waals surface area contributed by atoms with E-state index >= 15 is 0 Å². The zero-order valence-electron chi connectivity index (χ0n) is 16.3. The molecule has 1 aliphatic rings. The highest BCUT2D eigenvalue weighted by Gasteiger charge is 2.36. The van der Waals surface area contributed by atoms with Gasteiger partial charge >= 0.3 is 0 Å². The second-order valence-electron chi connectivity index (χ2n) is 7.14. The van der Waals surface area contributed by atoms with Gasteiger partial charge in [0.2, 0.25) is 11.8 Å². The van der Waals surface area contributed by atoms with Crippen molar-refractivity contribution in [3.8, 4) is 5.75 Å². The van der Waals surface area contributed by atoms with Crippen LogP contribution in [0.5, 0.6) is 5.75 Å². The van der Waals surface area contributed by atoms with Gasteiger partial charge in [0.15, 0.2) is 0 Å². The highest BCUT2D eigenvalue weighted by atomic mass is 16.5. The molecule has 0 saturated carbocycles. The molecular formula is C21H32N2O3. The number of nitrogens with zero attached hydrogens (tertiary/aromatic N) is 1. The molecule has 0 aliphatic carbocycles. The van der Waals surface area contributed by atoms with Crippen LogP contribution in [0, 0.1) is 12.8 Å². The molecule has 26 heavy (non-hydrogen) atoms. The van der Waals surface area contributed by atoms with Gasteiger partial charge in [0.25, 0.3) is 0 Å². The minimum atomic E-state index is -0.284. The molecule has 1 N–H and O–H groups in total. The standard InChI is InChI=1S/C21H32N2O3/c1-4-5-6-7-8-9-12-22-21(25)17-14-20(24)23(15-17)18-13-16(2)10-11-19(18)26-3/h10-11,13,17H,4-9,12,14-15H2,1-3H3,(H,22,25). The lowest BCUT2D eigenvalue weighted by molar-refractivity contribution is -0.126. The Bertz CT molecular complexity index is 615. The fourth-order valence-electron chi connectivity index (χ4n) is 3.39. The van der Waals surface area contributed by atoms with Crippen molar-refractivity contribution in [1.82, 2.24) is 5.32 Å². The van der Waals surface area contributed by atoms with Crippen LogP contribution >= 0.6 is 0 Å². The molecule has 1 fully saturated rings. The third-order valence-electron chi connectivity index (χ3n) is 4.95. The van der Waals surface area contributed by atoms with Crippen molar-refractivity contribution in [3.63, 3.8) is 0 Å². The molecule has 5 nitrogen and oxygen atoms in total. The fraction of sp³-hybridized carbons (Fsp3) is 0.619. The first-order valence-electron chi connectivity index (χ1n) is 9.79. The van der Waals surface area contributed by atoms with E-state index < -0.39 is 0 Å². The normalized spacial score (nSPS) is 16.8. The van der Waals surface area contributed by atoms with Crippen LogP contribution in [0.25, 0.3) is 0 Å². The van der Waals surface area contributed by atoms with E-state index in [0.29, 0.717) is 18.8 Å². The molecule has 1 aliphatic heterocycles. The molecule has 0 spiro atoms. The van der Waals surface area contributed by atoms with Crippen molar-refractivity contribution in [2.75, 3.05) is 25.1 Å². The number of aryl methyl sites for hydroxylation is 1. The number of methoxy groups -OCH3 is 1. The number of rotatable bonds is 10. The lowest BCUT2D eigenvalue weighted by Gasteiger charge is -2.20. The highest BCUT2D eigenvalue weighted by molar-refractivity contribution is 6.01. The zero-order chi connectivity index (χ0) is 18.9. The molecule has 1 atom stereocenters. The number of hydrogen-bond acceptors (Lipinski definition) is 3. The van der Waals surface area contributed by atoms with Gasteiger partial charge in [0.05, 0.1) is 18.7 Å². The van der Waals surface area contributed by atoms with Gasteiger partial charge in [0.1, 0.15) is 5.75 Å². The van der Waals surface area contributed by atoms with E-state index in [1.165, 1.54) is 25.7 Å². The SMILES string of the molecule is CCCCCCCCNC(=O)C1CC(=O)N(c2cc(C)ccc2OC)C1. The number of ether oxygens (including phenoxy) is 1. The van der Waals surface area contributed by atoms with Crippen LogP contribution in [0.4, 0.5) is 5.69 Å². The van der Waals surface area contributed by atoms with Crippen LogP contribution in [0.3, 0.4) is 0 Å². The maximum absolute atomic E-state index is 12.4. The van der Waals surface area contributed by atoms with Crippen molar-refractivity contribution in [3.05, 3.63) is 23.8 Å². The van der Waals surface area contributed by atoms with Gasteiger partial charge in [-0.25, -0.2) is 0 Å². The van der Waals surface area contributed by atoms with Crippen molar-refractivity contribution < 1.29 is 14.3 Å². The molecule has 1 aromatic rings. The van der Waals surface area contributed by atoms with Gasteiger partial charge < -0.3 is 15.0 Å². The van der Waals surface area contributed by atoms with Gasteiger partial charge in [-0.1, -0.05) is 45.1 Å². The lowest BCUT2D eigenvalue weighted by atomic mass is 10.1.